The summed E-state index contributed by atoms with van der Waals surface area (Å²) in [6.45, 7) is 2.59. The Morgan fingerprint density at radius 2 is 2.04 bits per heavy atom. The molecule has 0 unspecified atom stereocenters. The maximum atomic E-state index is 12.5. The summed E-state index contributed by atoms with van der Waals surface area (Å²) in [5, 5.41) is 12.8. The molecule has 132 valence electrons. The second-order valence-corrected chi connectivity index (χ2v) is 6.24. The van der Waals surface area contributed by atoms with Crippen molar-refractivity contribution in [2.45, 2.75) is 31.9 Å². The second kappa shape index (κ2) is 7.53. The Balaban J connectivity index is 1.62. The maximum absolute atomic E-state index is 12.5. The van der Waals surface area contributed by atoms with Gasteiger partial charge in [-0.05, 0) is 42.7 Å². The summed E-state index contributed by atoms with van der Waals surface area (Å²) >= 11 is 0. The van der Waals surface area contributed by atoms with Crippen molar-refractivity contribution in [3.63, 3.8) is 0 Å². The van der Waals surface area contributed by atoms with E-state index in [0.29, 0.717) is 12.0 Å². The molecule has 2 atom stereocenters. The zero-order valence-corrected chi connectivity index (χ0v) is 14.1. The Kier molecular flexibility index (Phi) is 5.19. The quantitative estimate of drug-likeness (QED) is 0.869. The van der Waals surface area contributed by atoms with E-state index in [1.165, 1.54) is 11.8 Å². The van der Waals surface area contributed by atoms with E-state index < -0.39 is 6.10 Å². The molecule has 0 spiro atoms. The van der Waals surface area contributed by atoms with E-state index in [1.54, 1.807) is 29.2 Å². The van der Waals surface area contributed by atoms with Gasteiger partial charge < -0.3 is 19.7 Å². The van der Waals surface area contributed by atoms with Crippen LogP contribution in [0.1, 0.15) is 39.8 Å². The van der Waals surface area contributed by atoms with Crippen molar-refractivity contribution in [1.29, 1.82) is 0 Å². The van der Waals surface area contributed by atoms with Gasteiger partial charge in [0.2, 0.25) is 0 Å². The average Bonchev–Trinajstić information content (AvgIpc) is 3.29. The summed E-state index contributed by atoms with van der Waals surface area (Å²) in [5.74, 6) is -0.219. The Bertz CT molecular complexity index is 724. The molecule has 3 rings (SSSR count). The van der Waals surface area contributed by atoms with Crippen LogP contribution in [-0.2, 0) is 6.42 Å². The van der Waals surface area contributed by atoms with Gasteiger partial charge in [-0.15, -0.1) is 0 Å². The van der Waals surface area contributed by atoms with Crippen molar-refractivity contribution in [1.82, 2.24) is 10.2 Å². The summed E-state index contributed by atoms with van der Waals surface area (Å²) in [4.78, 5) is 26.3. The van der Waals surface area contributed by atoms with Crippen LogP contribution >= 0.6 is 0 Å². The van der Waals surface area contributed by atoms with Crippen LogP contribution in [0, 0.1) is 0 Å². The molecular weight excluding hydrogens is 320 g/mol. The van der Waals surface area contributed by atoms with Gasteiger partial charge in [-0.2, -0.15) is 0 Å². The van der Waals surface area contributed by atoms with Gasteiger partial charge in [-0.3, -0.25) is 9.59 Å². The first kappa shape index (κ1) is 17.2. The van der Waals surface area contributed by atoms with Gasteiger partial charge in [0.1, 0.15) is 0 Å². The highest BCUT2D eigenvalue weighted by molar-refractivity contribution is 5.94. The Hall–Kier alpha value is -2.60. The van der Waals surface area contributed by atoms with Gasteiger partial charge in [0.05, 0.1) is 18.4 Å². The molecule has 2 N–H and O–H groups in total. The van der Waals surface area contributed by atoms with Crippen LogP contribution in [0.2, 0.25) is 0 Å². The SMILES string of the molecule is CCc1ccc(C(=O)NC[C@@H]2C[C@@H](O)CN2C(=O)c2ccco2)cc1. The molecule has 0 radical (unpaired) electrons. The first-order chi connectivity index (χ1) is 12.1. The summed E-state index contributed by atoms with van der Waals surface area (Å²) in [6, 6.07) is 10.4. The maximum Gasteiger partial charge on any atom is 0.289 e. The van der Waals surface area contributed by atoms with E-state index in [9.17, 15) is 14.7 Å². The number of carbonyl (C=O) groups is 2. The standard InChI is InChI=1S/C19H22N2O4/c1-2-13-5-7-14(8-6-13)18(23)20-11-15-10-16(22)12-21(15)19(24)17-4-3-9-25-17/h3-9,15-16,22H,2,10-12H2,1H3,(H,20,23)/t15-,16+/m0/s1. The Morgan fingerprint density at radius 1 is 1.28 bits per heavy atom. The topological polar surface area (TPSA) is 82.8 Å². The molecule has 6 nitrogen and oxygen atoms in total. The number of hydrogen-bond donors (Lipinski definition) is 2. The van der Waals surface area contributed by atoms with Crippen LogP contribution in [0.5, 0.6) is 0 Å². The highest BCUT2D eigenvalue weighted by Gasteiger charge is 2.35. The highest BCUT2D eigenvalue weighted by atomic mass is 16.3. The zero-order valence-electron chi connectivity index (χ0n) is 14.1. The zero-order chi connectivity index (χ0) is 17.8. The third-order valence-electron chi connectivity index (χ3n) is 4.51. The molecule has 1 fully saturated rings. The van der Waals surface area contributed by atoms with E-state index in [-0.39, 0.29) is 36.7 Å². The van der Waals surface area contributed by atoms with Crippen molar-refractivity contribution in [3.8, 4) is 0 Å². The number of β-amino-alcohol motifs (C(OH)–C–C–N with tert-alkyl or cyclic N) is 1. The molecule has 1 aliphatic heterocycles. The highest BCUT2D eigenvalue weighted by Crippen LogP contribution is 2.20. The van der Waals surface area contributed by atoms with Crippen LogP contribution in [0.15, 0.2) is 47.1 Å². The van der Waals surface area contributed by atoms with Crippen molar-refractivity contribution < 1.29 is 19.1 Å². The first-order valence-corrected chi connectivity index (χ1v) is 8.48. The third-order valence-corrected chi connectivity index (χ3v) is 4.51. The molecule has 0 bridgehead atoms. The first-order valence-electron chi connectivity index (χ1n) is 8.48. The third kappa shape index (κ3) is 3.91. The molecule has 2 heterocycles. The number of amides is 2. The minimum absolute atomic E-state index is 0.186. The summed E-state index contributed by atoms with van der Waals surface area (Å²) in [5.41, 5.74) is 1.75. The number of nitrogens with zero attached hydrogens (tertiary/aromatic N) is 1. The number of likely N-dealkylation sites (tertiary alicyclic amines) is 1. The van der Waals surface area contributed by atoms with Gasteiger partial charge in [0.25, 0.3) is 11.8 Å². The minimum atomic E-state index is -0.593. The van der Waals surface area contributed by atoms with Crippen LogP contribution < -0.4 is 5.32 Å². The number of carbonyl (C=O) groups excluding carboxylic acids is 2. The van der Waals surface area contributed by atoms with E-state index in [2.05, 4.69) is 12.2 Å². The van der Waals surface area contributed by atoms with E-state index in [4.69, 9.17) is 4.42 Å². The number of aryl methyl sites for hydroxylation is 1. The fourth-order valence-corrected chi connectivity index (χ4v) is 3.08. The molecule has 1 aliphatic rings. The fraction of sp³-hybridized carbons (Fsp3) is 0.368. The van der Waals surface area contributed by atoms with Crippen LogP contribution in [0.4, 0.5) is 0 Å². The molecule has 1 aromatic carbocycles. The number of nitrogens with one attached hydrogen (secondary N) is 1. The Morgan fingerprint density at radius 3 is 2.68 bits per heavy atom. The lowest BCUT2D eigenvalue weighted by Crippen LogP contribution is -2.43. The molecular formula is C19H22N2O4. The number of benzene rings is 1. The molecule has 0 aliphatic carbocycles. The van der Waals surface area contributed by atoms with Gasteiger partial charge >= 0.3 is 0 Å². The normalized spacial score (nSPS) is 19.8. The molecule has 2 amide bonds. The van der Waals surface area contributed by atoms with Crippen LogP contribution in [0.25, 0.3) is 0 Å². The number of rotatable bonds is 5. The summed E-state index contributed by atoms with van der Waals surface area (Å²) < 4.78 is 5.15. The predicted molar refractivity (Wildman–Crippen MR) is 92.3 cm³/mol. The van der Waals surface area contributed by atoms with Crippen LogP contribution in [0.3, 0.4) is 0 Å². The largest absolute Gasteiger partial charge is 0.459 e. The van der Waals surface area contributed by atoms with Gasteiger partial charge in [0.15, 0.2) is 5.76 Å². The number of aliphatic hydroxyl groups excluding tert-OH is 1. The average molecular weight is 342 g/mol. The van der Waals surface area contributed by atoms with Crippen molar-refractivity contribution in [2.75, 3.05) is 13.1 Å². The second-order valence-electron chi connectivity index (χ2n) is 6.24. The monoisotopic (exact) mass is 342 g/mol. The predicted octanol–water partition coefficient (Wildman–Crippen LogP) is 1.85. The minimum Gasteiger partial charge on any atom is -0.459 e. The molecule has 6 heteroatoms. The van der Waals surface area contributed by atoms with Gasteiger partial charge in [-0.1, -0.05) is 19.1 Å². The van der Waals surface area contributed by atoms with Gasteiger partial charge in [0, 0.05) is 18.7 Å². The van der Waals surface area contributed by atoms with E-state index in [1.807, 2.05) is 12.1 Å². The molecule has 25 heavy (non-hydrogen) atoms. The lowest BCUT2D eigenvalue weighted by molar-refractivity contribution is 0.0677. The lowest BCUT2D eigenvalue weighted by atomic mass is 10.1. The fourth-order valence-electron chi connectivity index (χ4n) is 3.08. The van der Waals surface area contributed by atoms with Crippen molar-refractivity contribution in [2.24, 2.45) is 0 Å². The number of hydrogen-bond acceptors (Lipinski definition) is 4. The van der Waals surface area contributed by atoms with E-state index >= 15 is 0 Å². The lowest BCUT2D eigenvalue weighted by Gasteiger charge is -2.23. The molecule has 1 aromatic heterocycles. The van der Waals surface area contributed by atoms with E-state index in [0.717, 1.165) is 6.42 Å². The van der Waals surface area contributed by atoms with Crippen molar-refractivity contribution >= 4 is 11.8 Å². The number of furan rings is 1. The van der Waals surface area contributed by atoms with Crippen molar-refractivity contribution in [3.05, 3.63) is 59.5 Å². The molecule has 2 aromatic rings. The number of aliphatic hydroxyl groups is 1. The van der Waals surface area contributed by atoms with Crippen LogP contribution in [-0.4, -0.2) is 47.1 Å². The summed E-state index contributed by atoms with van der Waals surface area (Å²) in [7, 11) is 0. The Labute approximate surface area is 146 Å². The molecule has 0 saturated carbocycles. The van der Waals surface area contributed by atoms with Gasteiger partial charge in [-0.25, -0.2) is 0 Å². The molecule has 1 saturated heterocycles. The smallest absolute Gasteiger partial charge is 0.289 e. The summed E-state index contributed by atoms with van der Waals surface area (Å²) in [6.07, 6.45) is 2.20.